The van der Waals surface area contributed by atoms with Crippen molar-refractivity contribution in [2.45, 2.75) is 6.92 Å². The number of nitrogens with one attached hydrogen (secondary N) is 1. The summed E-state index contributed by atoms with van der Waals surface area (Å²) in [6.45, 7) is 1.97. The van der Waals surface area contributed by atoms with Crippen LogP contribution in [0.4, 0.5) is 5.13 Å². The molecule has 1 N–H and O–H groups in total. The van der Waals surface area contributed by atoms with E-state index in [0.717, 1.165) is 32.3 Å². The van der Waals surface area contributed by atoms with Crippen LogP contribution >= 0.6 is 22.9 Å². The fraction of sp³-hybridized carbons (Fsp3) is 0.154. The van der Waals surface area contributed by atoms with Crippen molar-refractivity contribution in [3.05, 3.63) is 35.0 Å². The summed E-state index contributed by atoms with van der Waals surface area (Å²) in [5.41, 5.74) is 2.88. The maximum absolute atomic E-state index is 6.08. The number of aromatic nitrogens is 3. The molecule has 3 aromatic rings. The van der Waals surface area contributed by atoms with Crippen molar-refractivity contribution in [3.63, 3.8) is 0 Å². The van der Waals surface area contributed by atoms with Gasteiger partial charge in [0, 0.05) is 28.7 Å². The standard InChI is InChI=1S/C13H11ClN4S/c1-7-5-10(12-17-18-13(15-2)19-12)9-6-8(14)3-4-11(9)16-7/h3-6H,1-2H3,(H,15,18). The second-order valence-electron chi connectivity index (χ2n) is 4.14. The average Bonchev–Trinajstić information content (AvgIpc) is 2.87. The molecule has 4 nitrogen and oxygen atoms in total. The van der Waals surface area contributed by atoms with Crippen molar-refractivity contribution >= 4 is 39.0 Å². The Labute approximate surface area is 119 Å². The molecule has 0 radical (unpaired) electrons. The molecule has 2 heterocycles. The highest BCUT2D eigenvalue weighted by atomic mass is 35.5. The van der Waals surface area contributed by atoms with Crippen LogP contribution in [0.5, 0.6) is 0 Å². The summed E-state index contributed by atoms with van der Waals surface area (Å²) < 4.78 is 0. The lowest BCUT2D eigenvalue weighted by Crippen LogP contribution is -1.88. The second kappa shape index (κ2) is 4.75. The minimum absolute atomic E-state index is 0.692. The number of pyridine rings is 1. The summed E-state index contributed by atoms with van der Waals surface area (Å²) in [7, 11) is 1.83. The van der Waals surface area contributed by atoms with Gasteiger partial charge in [-0.05, 0) is 31.2 Å². The molecule has 0 spiro atoms. The van der Waals surface area contributed by atoms with Gasteiger partial charge in [-0.2, -0.15) is 0 Å². The van der Waals surface area contributed by atoms with Crippen LogP contribution in [0.25, 0.3) is 21.5 Å². The third-order valence-electron chi connectivity index (χ3n) is 2.77. The summed E-state index contributed by atoms with van der Waals surface area (Å²) >= 11 is 7.59. The maximum Gasteiger partial charge on any atom is 0.205 e. The molecule has 2 aromatic heterocycles. The Kier molecular flexibility index (Phi) is 3.08. The van der Waals surface area contributed by atoms with E-state index in [-0.39, 0.29) is 0 Å². The van der Waals surface area contributed by atoms with E-state index in [1.54, 1.807) is 0 Å². The first-order valence-electron chi connectivity index (χ1n) is 5.76. The van der Waals surface area contributed by atoms with E-state index in [4.69, 9.17) is 11.6 Å². The van der Waals surface area contributed by atoms with Crippen LogP contribution in [-0.2, 0) is 0 Å². The van der Waals surface area contributed by atoms with Gasteiger partial charge in [-0.1, -0.05) is 22.9 Å². The van der Waals surface area contributed by atoms with Crippen molar-refractivity contribution in [1.29, 1.82) is 0 Å². The highest BCUT2D eigenvalue weighted by Gasteiger charge is 2.11. The Balaban J connectivity index is 2.29. The normalized spacial score (nSPS) is 10.9. The fourth-order valence-corrected chi connectivity index (χ4v) is 2.84. The maximum atomic E-state index is 6.08. The van der Waals surface area contributed by atoms with Crippen LogP contribution in [0.1, 0.15) is 5.69 Å². The molecule has 96 valence electrons. The minimum atomic E-state index is 0.692. The molecule has 0 fully saturated rings. The Hall–Kier alpha value is -1.72. The van der Waals surface area contributed by atoms with Gasteiger partial charge in [-0.25, -0.2) is 0 Å². The summed E-state index contributed by atoms with van der Waals surface area (Å²) in [6.07, 6.45) is 0. The molecule has 1 aromatic carbocycles. The predicted octanol–water partition coefficient (Wildman–Crippen LogP) is 3.76. The van der Waals surface area contributed by atoms with Gasteiger partial charge in [0.2, 0.25) is 5.13 Å². The number of nitrogens with zero attached hydrogens (tertiary/aromatic N) is 3. The molecular weight excluding hydrogens is 280 g/mol. The van der Waals surface area contributed by atoms with Gasteiger partial charge >= 0.3 is 0 Å². The number of anilines is 1. The number of hydrogen-bond donors (Lipinski definition) is 1. The van der Waals surface area contributed by atoms with E-state index >= 15 is 0 Å². The second-order valence-corrected chi connectivity index (χ2v) is 5.55. The topological polar surface area (TPSA) is 50.7 Å². The zero-order valence-electron chi connectivity index (χ0n) is 10.4. The highest BCUT2D eigenvalue weighted by molar-refractivity contribution is 7.18. The molecule has 0 aliphatic carbocycles. The van der Waals surface area contributed by atoms with Gasteiger partial charge < -0.3 is 5.32 Å². The molecule has 0 bridgehead atoms. The molecular formula is C13H11ClN4S. The van der Waals surface area contributed by atoms with Crippen LogP contribution in [0.15, 0.2) is 24.3 Å². The summed E-state index contributed by atoms with van der Waals surface area (Å²) in [5.74, 6) is 0. The van der Waals surface area contributed by atoms with Crippen molar-refractivity contribution < 1.29 is 0 Å². The number of aryl methyl sites for hydroxylation is 1. The van der Waals surface area contributed by atoms with Gasteiger partial charge in [-0.15, -0.1) is 10.2 Å². The Morgan fingerprint density at radius 1 is 1.21 bits per heavy atom. The minimum Gasteiger partial charge on any atom is -0.363 e. The quantitative estimate of drug-likeness (QED) is 0.781. The first-order chi connectivity index (χ1) is 9.17. The van der Waals surface area contributed by atoms with E-state index in [9.17, 15) is 0 Å². The summed E-state index contributed by atoms with van der Waals surface area (Å²) in [6, 6.07) is 7.70. The van der Waals surface area contributed by atoms with Crippen LogP contribution < -0.4 is 5.32 Å². The summed E-state index contributed by atoms with van der Waals surface area (Å²) in [4.78, 5) is 4.51. The monoisotopic (exact) mass is 290 g/mol. The lowest BCUT2D eigenvalue weighted by Gasteiger charge is -2.05. The zero-order valence-corrected chi connectivity index (χ0v) is 12.0. The van der Waals surface area contributed by atoms with E-state index in [2.05, 4.69) is 20.5 Å². The van der Waals surface area contributed by atoms with Crippen molar-refractivity contribution in [1.82, 2.24) is 15.2 Å². The van der Waals surface area contributed by atoms with Gasteiger partial charge in [0.25, 0.3) is 0 Å². The third kappa shape index (κ3) is 2.27. The highest BCUT2D eigenvalue weighted by Crippen LogP contribution is 2.33. The number of halogens is 1. The summed E-state index contributed by atoms with van der Waals surface area (Å²) in [5, 5.41) is 14.6. The average molecular weight is 291 g/mol. The molecule has 0 atom stereocenters. The van der Waals surface area contributed by atoms with Crippen LogP contribution in [0, 0.1) is 6.92 Å². The van der Waals surface area contributed by atoms with E-state index in [1.807, 2.05) is 38.2 Å². The van der Waals surface area contributed by atoms with Gasteiger partial charge in [0.15, 0.2) is 0 Å². The lowest BCUT2D eigenvalue weighted by atomic mass is 10.1. The molecule has 0 unspecified atom stereocenters. The van der Waals surface area contributed by atoms with E-state index in [1.165, 1.54) is 11.3 Å². The van der Waals surface area contributed by atoms with E-state index in [0.29, 0.717) is 5.02 Å². The van der Waals surface area contributed by atoms with Gasteiger partial charge in [-0.3, -0.25) is 4.98 Å². The van der Waals surface area contributed by atoms with Crippen LogP contribution in [0.3, 0.4) is 0 Å². The molecule has 6 heteroatoms. The number of rotatable bonds is 2. The lowest BCUT2D eigenvalue weighted by molar-refractivity contribution is 1.09. The molecule has 3 rings (SSSR count). The molecule has 0 aliphatic rings. The zero-order chi connectivity index (χ0) is 13.4. The number of benzene rings is 1. The van der Waals surface area contributed by atoms with Crippen molar-refractivity contribution in [2.75, 3.05) is 12.4 Å². The largest absolute Gasteiger partial charge is 0.363 e. The third-order valence-corrected chi connectivity index (χ3v) is 3.98. The molecule has 0 saturated carbocycles. The number of hydrogen-bond acceptors (Lipinski definition) is 5. The van der Waals surface area contributed by atoms with Gasteiger partial charge in [0.1, 0.15) is 5.01 Å². The first-order valence-corrected chi connectivity index (χ1v) is 6.95. The van der Waals surface area contributed by atoms with Crippen molar-refractivity contribution in [3.8, 4) is 10.6 Å². The predicted molar refractivity (Wildman–Crippen MR) is 79.9 cm³/mol. The van der Waals surface area contributed by atoms with Crippen molar-refractivity contribution in [2.24, 2.45) is 0 Å². The van der Waals surface area contributed by atoms with Gasteiger partial charge in [0.05, 0.1) is 5.52 Å². The van der Waals surface area contributed by atoms with E-state index < -0.39 is 0 Å². The smallest absolute Gasteiger partial charge is 0.205 e. The Bertz CT molecular complexity index is 753. The molecule has 0 saturated heterocycles. The van der Waals surface area contributed by atoms with Crippen LogP contribution in [0.2, 0.25) is 5.02 Å². The molecule has 19 heavy (non-hydrogen) atoms. The Morgan fingerprint density at radius 3 is 2.79 bits per heavy atom. The SMILES string of the molecule is CNc1nnc(-c2cc(C)nc3ccc(Cl)cc23)s1. The molecule has 0 aliphatic heterocycles. The Morgan fingerprint density at radius 2 is 2.05 bits per heavy atom. The fourth-order valence-electron chi connectivity index (χ4n) is 1.94. The molecule has 0 amide bonds. The number of fused-ring (bicyclic) bond motifs is 1. The first kappa shape index (κ1) is 12.3. The van der Waals surface area contributed by atoms with Crippen LogP contribution in [-0.4, -0.2) is 22.2 Å².